The molecule has 2 rings (SSSR count). The third-order valence-electron chi connectivity index (χ3n) is 3.55. The van der Waals surface area contributed by atoms with Gasteiger partial charge in [0.1, 0.15) is 0 Å². The minimum absolute atomic E-state index is 0.0252. The van der Waals surface area contributed by atoms with Gasteiger partial charge in [0.2, 0.25) is 0 Å². The molecule has 1 saturated carbocycles. The third kappa shape index (κ3) is 1.87. The maximum absolute atomic E-state index is 9.92. The lowest BCUT2D eigenvalue weighted by molar-refractivity contribution is -0.0483. The summed E-state index contributed by atoms with van der Waals surface area (Å²) in [5.41, 5.74) is 5.54. The average Bonchev–Trinajstić information content (AvgIpc) is 2.07. The summed E-state index contributed by atoms with van der Waals surface area (Å²) in [5.74, 6) is 1.05. The molecule has 2 atom stereocenters. The van der Waals surface area contributed by atoms with Crippen molar-refractivity contribution >= 4 is 0 Å². The van der Waals surface area contributed by atoms with Gasteiger partial charge in [-0.15, -0.1) is 0 Å². The minimum Gasteiger partial charge on any atom is -0.392 e. The molecule has 2 bridgehead atoms. The molecule has 13 heavy (non-hydrogen) atoms. The molecule has 3 N–H and O–H groups in total. The predicted molar refractivity (Wildman–Crippen MR) is 52.3 cm³/mol. The number of fused-ring (bicyclic) bond motifs is 2. The molecule has 0 aromatic carbocycles. The molecule has 1 saturated heterocycles. The van der Waals surface area contributed by atoms with Gasteiger partial charge in [-0.25, -0.2) is 0 Å². The zero-order valence-electron chi connectivity index (χ0n) is 8.15. The Morgan fingerprint density at radius 2 is 1.85 bits per heavy atom. The van der Waals surface area contributed by atoms with Crippen LogP contribution in [0.5, 0.6) is 0 Å². The third-order valence-corrected chi connectivity index (χ3v) is 3.55. The first kappa shape index (κ1) is 9.44. The topological polar surface area (TPSA) is 49.5 Å². The van der Waals surface area contributed by atoms with Crippen LogP contribution in [0.1, 0.15) is 19.3 Å². The Labute approximate surface area is 79.9 Å². The Hall–Kier alpha value is -0.120. The number of hydrogen-bond donors (Lipinski definition) is 2. The Morgan fingerprint density at radius 1 is 1.23 bits per heavy atom. The standard InChI is InChI=1S/C10H20N2O/c11-4-5-12-6-8-2-1-3-9(7-12)10(8)13/h8-10,13H,1-7,11H2. The van der Waals surface area contributed by atoms with Gasteiger partial charge in [0.25, 0.3) is 0 Å². The number of rotatable bonds is 2. The zero-order valence-corrected chi connectivity index (χ0v) is 8.15. The van der Waals surface area contributed by atoms with E-state index < -0.39 is 0 Å². The summed E-state index contributed by atoms with van der Waals surface area (Å²) >= 11 is 0. The van der Waals surface area contributed by atoms with E-state index in [-0.39, 0.29) is 6.10 Å². The van der Waals surface area contributed by atoms with Gasteiger partial charge in [0.15, 0.2) is 0 Å². The van der Waals surface area contributed by atoms with Crippen molar-refractivity contribution < 1.29 is 5.11 Å². The molecule has 1 heterocycles. The van der Waals surface area contributed by atoms with E-state index in [1.54, 1.807) is 0 Å². The van der Waals surface area contributed by atoms with E-state index in [4.69, 9.17) is 5.73 Å². The minimum atomic E-state index is -0.0252. The van der Waals surface area contributed by atoms with Crippen LogP contribution < -0.4 is 5.73 Å². The molecular weight excluding hydrogens is 164 g/mol. The highest BCUT2D eigenvalue weighted by atomic mass is 16.3. The molecule has 2 fully saturated rings. The van der Waals surface area contributed by atoms with Gasteiger partial charge < -0.3 is 15.7 Å². The van der Waals surface area contributed by atoms with Gasteiger partial charge in [-0.05, 0) is 24.7 Å². The highest BCUT2D eigenvalue weighted by Gasteiger charge is 2.37. The second-order valence-electron chi connectivity index (χ2n) is 4.49. The van der Waals surface area contributed by atoms with Crippen LogP contribution in [0.25, 0.3) is 0 Å². The molecule has 2 unspecified atom stereocenters. The highest BCUT2D eigenvalue weighted by molar-refractivity contribution is 4.90. The number of hydrogen-bond acceptors (Lipinski definition) is 3. The highest BCUT2D eigenvalue weighted by Crippen LogP contribution is 2.34. The van der Waals surface area contributed by atoms with Crippen LogP contribution in [0.15, 0.2) is 0 Å². The number of likely N-dealkylation sites (tertiary alicyclic amines) is 1. The number of aliphatic hydroxyl groups excluding tert-OH is 1. The van der Waals surface area contributed by atoms with E-state index in [9.17, 15) is 5.11 Å². The van der Waals surface area contributed by atoms with E-state index in [0.717, 1.165) is 26.2 Å². The van der Waals surface area contributed by atoms with Crippen molar-refractivity contribution in [3.63, 3.8) is 0 Å². The molecule has 0 radical (unpaired) electrons. The van der Waals surface area contributed by atoms with E-state index in [2.05, 4.69) is 4.90 Å². The first-order valence-electron chi connectivity index (χ1n) is 5.41. The monoisotopic (exact) mass is 184 g/mol. The number of piperidine rings is 1. The van der Waals surface area contributed by atoms with E-state index in [1.807, 2.05) is 0 Å². The molecule has 3 heteroatoms. The molecule has 3 nitrogen and oxygen atoms in total. The van der Waals surface area contributed by atoms with Crippen molar-refractivity contribution in [3.8, 4) is 0 Å². The van der Waals surface area contributed by atoms with Gasteiger partial charge >= 0.3 is 0 Å². The van der Waals surface area contributed by atoms with Gasteiger partial charge in [-0.3, -0.25) is 0 Å². The smallest absolute Gasteiger partial charge is 0.0620 e. The molecule has 2 aliphatic rings. The lowest BCUT2D eigenvalue weighted by Gasteiger charge is -2.45. The Morgan fingerprint density at radius 3 is 2.38 bits per heavy atom. The molecule has 0 amide bonds. The largest absolute Gasteiger partial charge is 0.392 e. The lowest BCUT2D eigenvalue weighted by Crippen LogP contribution is -2.52. The van der Waals surface area contributed by atoms with Crippen LogP contribution in [0.2, 0.25) is 0 Å². The number of nitrogens with two attached hydrogens (primary N) is 1. The maximum atomic E-state index is 9.92. The van der Waals surface area contributed by atoms with Crippen LogP contribution in [-0.2, 0) is 0 Å². The second kappa shape index (κ2) is 3.95. The molecule has 0 spiro atoms. The zero-order chi connectivity index (χ0) is 9.26. The summed E-state index contributed by atoms with van der Waals surface area (Å²) in [6.07, 6.45) is 3.70. The summed E-state index contributed by atoms with van der Waals surface area (Å²) in [6, 6.07) is 0. The summed E-state index contributed by atoms with van der Waals surface area (Å²) in [7, 11) is 0. The van der Waals surface area contributed by atoms with Crippen LogP contribution in [0, 0.1) is 11.8 Å². The Kier molecular flexibility index (Phi) is 2.86. The van der Waals surface area contributed by atoms with Gasteiger partial charge in [0.05, 0.1) is 6.10 Å². The van der Waals surface area contributed by atoms with E-state index in [0.29, 0.717) is 11.8 Å². The van der Waals surface area contributed by atoms with Crippen molar-refractivity contribution in [3.05, 3.63) is 0 Å². The predicted octanol–water partition coefficient (Wildman–Crippen LogP) is 0.0379. The molecule has 1 aliphatic carbocycles. The van der Waals surface area contributed by atoms with Gasteiger partial charge in [0, 0.05) is 26.2 Å². The lowest BCUT2D eigenvalue weighted by atomic mass is 9.75. The van der Waals surface area contributed by atoms with Crippen LogP contribution in [0.3, 0.4) is 0 Å². The summed E-state index contributed by atoms with van der Waals surface area (Å²) in [4.78, 5) is 2.42. The molecular formula is C10H20N2O. The quantitative estimate of drug-likeness (QED) is 0.637. The molecule has 76 valence electrons. The Balaban J connectivity index is 1.95. The van der Waals surface area contributed by atoms with Crippen LogP contribution in [-0.4, -0.2) is 42.3 Å². The number of nitrogens with zero attached hydrogens (tertiary/aromatic N) is 1. The second-order valence-corrected chi connectivity index (χ2v) is 4.49. The first-order chi connectivity index (χ1) is 6.31. The van der Waals surface area contributed by atoms with Crippen LogP contribution in [0.4, 0.5) is 0 Å². The number of aliphatic hydroxyl groups is 1. The maximum Gasteiger partial charge on any atom is 0.0620 e. The summed E-state index contributed by atoms with van der Waals surface area (Å²) in [6.45, 7) is 3.87. The molecule has 0 aromatic rings. The SMILES string of the molecule is NCCN1CC2CCCC(C1)C2O. The first-order valence-corrected chi connectivity index (χ1v) is 5.41. The average molecular weight is 184 g/mol. The van der Waals surface area contributed by atoms with Crippen molar-refractivity contribution in [1.29, 1.82) is 0 Å². The summed E-state index contributed by atoms with van der Waals surface area (Å²) in [5, 5.41) is 9.92. The normalized spacial score (nSPS) is 40.6. The van der Waals surface area contributed by atoms with Gasteiger partial charge in [-0.1, -0.05) is 6.42 Å². The van der Waals surface area contributed by atoms with Crippen LogP contribution >= 0.6 is 0 Å². The summed E-state index contributed by atoms with van der Waals surface area (Å²) < 4.78 is 0. The fourth-order valence-electron chi connectivity index (χ4n) is 2.87. The van der Waals surface area contributed by atoms with E-state index >= 15 is 0 Å². The van der Waals surface area contributed by atoms with E-state index in [1.165, 1.54) is 19.3 Å². The fourth-order valence-corrected chi connectivity index (χ4v) is 2.87. The van der Waals surface area contributed by atoms with Crippen molar-refractivity contribution in [2.45, 2.75) is 25.4 Å². The molecule has 0 aromatic heterocycles. The molecule has 1 aliphatic heterocycles. The van der Waals surface area contributed by atoms with Gasteiger partial charge in [-0.2, -0.15) is 0 Å². The van der Waals surface area contributed by atoms with Crippen molar-refractivity contribution in [2.75, 3.05) is 26.2 Å². The van der Waals surface area contributed by atoms with Crippen molar-refractivity contribution in [2.24, 2.45) is 17.6 Å². The fraction of sp³-hybridized carbons (Fsp3) is 1.00. The van der Waals surface area contributed by atoms with Crippen molar-refractivity contribution in [1.82, 2.24) is 4.90 Å². The Bertz CT molecular complexity index is 160.